The second-order valence-corrected chi connectivity index (χ2v) is 16.4. The molecule has 0 amide bonds. The van der Waals surface area contributed by atoms with E-state index < -0.39 is 12.6 Å². The fourth-order valence-electron chi connectivity index (χ4n) is 5.84. The first kappa shape index (κ1) is 32.8. The fraction of sp³-hybridized carbons (Fsp3) is 0.667. The van der Waals surface area contributed by atoms with E-state index in [0.717, 1.165) is 33.4 Å². The summed E-state index contributed by atoms with van der Waals surface area (Å²) in [6, 6.07) is 8.12. The number of hydrogen-bond acceptors (Lipinski definition) is 6. The van der Waals surface area contributed by atoms with Crippen LogP contribution in [0.3, 0.4) is 0 Å². The SMILES string of the molecule is CC(C)(C)c1cc(C2OCC(C3COC(c4cc(C(C)(C)C)c(O)c(C(C)(C)C)c4)OC3)CO2)cc(C(C)(C)C)c1O. The van der Waals surface area contributed by atoms with Crippen molar-refractivity contribution in [1.29, 1.82) is 0 Å². The molecule has 0 aromatic heterocycles. The molecule has 2 aliphatic rings. The Kier molecular flexibility index (Phi) is 8.92. The van der Waals surface area contributed by atoms with Crippen LogP contribution in [0.15, 0.2) is 24.3 Å². The molecule has 0 bridgehead atoms. The highest BCUT2D eigenvalue weighted by molar-refractivity contribution is 5.51. The van der Waals surface area contributed by atoms with Gasteiger partial charge in [0.2, 0.25) is 0 Å². The van der Waals surface area contributed by atoms with Crippen LogP contribution in [0.1, 0.15) is 129 Å². The molecule has 0 atom stereocenters. The maximum atomic E-state index is 11.1. The van der Waals surface area contributed by atoms with Crippen LogP contribution in [-0.2, 0) is 40.6 Å². The molecule has 2 aliphatic heterocycles. The van der Waals surface area contributed by atoms with Gasteiger partial charge in [-0.25, -0.2) is 0 Å². The zero-order chi connectivity index (χ0) is 31.4. The molecule has 2 heterocycles. The Morgan fingerprint density at radius 1 is 0.452 bits per heavy atom. The van der Waals surface area contributed by atoms with Gasteiger partial charge in [-0.2, -0.15) is 0 Å². The van der Waals surface area contributed by atoms with Crippen molar-refractivity contribution in [2.45, 2.75) is 117 Å². The summed E-state index contributed by atoms with van der Waals surface area (Å²) in [5.74, 6) is 1.02. The van der Waals surface area contributed by atoms with Gasteiger partial charge in [-0.3, -0.25) is 0 Å². The van der Waals surface area contributed by atoms with Crippen LogP contribution < -0.4 is 0 Å². The molecule has 0 unspecified atom stereocenters. The van der Waals surface area contributed by atoms with Gasteiger partial charge in [-0.15, -0.1) is 0 Å². The summed E-state index contributed by atoms with van der Waals surface area (Å²) in [6.45, 7) is 27.5. The van der Waals surface area contributed by atoms with Gasteiger partial charge >= 0.3 is 0 Å². The molecule has 0 aliphatic carbocycles. The third kappa shape index (κ3) is 6.99. The van der Waals surface area contributed by atoms with Gasteiger partial charge in [-0.05, 0) is 68.2 Å². The summed E-state index contributed by atoms with van der Waals surface area (Å²) >= 11 is 0. The van der Waals surface area contributed by atoms with E-state index in [1.807, 2.05) is 24.3 Å². The molecular formula is C36H54O6. The van der Waals surface area contributed by atoms with E-state index in [4.69, 9.17) is 18.9 Å². The lowest BCUT2D eigenvalue weighted by Gasteiger charge is -2.38. The Morgan fingerprint density at radius 3 is 0.857 bits per heavy atom. The summed E-state index contributed by atoms with van der Waals surface area (Å²) in [5.41, 5.74) is 4.61. The van der Waals surface area contributed by atoms with Crippen molar-refractivity contribution in [2.75, 3.05) is 26.4 Å². The topological polar surface area (TPSA) is 77.4 Å². The maximum absolute atomic E-state index is 11.1. The Hall–Kier alpha value is -2.12. The molecule has 6 heteroatoms. The van der Waals surface area contributed by atoms with Gasteiger partial charge in [-0.1, -0.05) is 83.1 Å². The number of phenolic OH excluding ortho intramolecular Hbond substituents is 2. The predicted octanol–water partition coefficient (Wildman–Crippen LogP) is 8.31. The van der Waals surface area contributed by atoms with Gasteiger partial charge < -0.3 is 29.2 Å². The van der Waals surface area contributed by atoms with E-state index in [2.05, 4.69) is 83.1 Å². The van der Waals surface area contributed by atoms with Crippen LogP contribution in [0.2, 0.25) is 0 Å². The quantitative estimate of drug-likeness (QED) is 0.379. The van der Waals surface area contributed by atoms with Crippen molar-refractivity contribution in [2.24, 2.45) is 11.8 Å². The summed E-state index contributed by atoms with van der Waals surface area (Å²) < 4.78 is 25.2. The van der Waals surface area contributed by atoms with Crippen LogP contribution in [0.5, 0.6) is 11.5 Å². The largest absolute Gasteiger partial charge is 0.507 e. The van der Waals surface area contributed by atoms with E-state index in [-0.39, 0.29) is 33.5 Å². The van der Waals surface area contributed by atoms with Crippen molar-refractivity contribution in [3.8, 4) is 11.5 Å². The van der Waals surface area contributed by atoms with Crippen LogP contribution in [0, 0.1) is 11.8 Å². The van der Waals surface area contributed by atoms with Crippen LogP contribution in [0.25, 0.3) is 0 Å². The molecule has 234 valence electrons. The molecule has 0 saturated carbocycles. The van der Waals surface area contributed by atoms with Crippen LogP contribution in [0.4, 0.5) is 0 Å². The van der Waals surface area contributed by atoms with Gasteiger partial charge in [0.25, 0.3) is 0 Å². The molecule has 4 rings (SSSR count). The first-order valence-electron chi connectivity index (χ1n) is 15.4. The van der Waals surface area contributed by atoms with Crippen LogP contribution >= 0.6 is 0 Å². The first-order valence-corrected chi connectivity index (χ1v) is 15.4. The van der Waals surface area contributed by atoms with Crippen molar-refractivity contribution in [3.05, 3.63) is 57.6 Å². The monoisotopic (exact) mass is 582 g/mol. The molecule has 42 heavy (non-hydrogen) atoms. The standard InChI is InChI=1S/C36H54O6/c1-33(2,3)25-13-21(14-26(29(25)37)34(4,5)6)31-39-17-23(18-40-31)24-19-41-32(42-20-24)22-15-27(35(7,8)9)30(38)28(16-22)36(10,11)12/h13-16,23-24,31-32,37-38H,17-20H2,1-12H3. The van der Waals surface area contributed by atoms with Gasteiger partial charge in [0, 0.05) is 23.0 Å². The van der Waals surface area contributed by atoms with Crippen molar-refractivity contribution >= 4 is 0 Å². The van der Waals surface area contributed by atoms with E-state index in [0.29, 0.717) is 37.9 Å². The Morgan fingerprint density at radius 2 is 0.667 bits per heavy atom. The second-order valence-electron chi connectivity index (χ2n) is 16.4. The average Bonchev–Trinajstić information content (AvgIpc) is 2.86. The summed E-state index contributed by atoms with van der Waals surface area (Å²) in [5, 5.41) is 22.2. The molecular weight excluding hydrogens is 528 g/mol. The minimum absolute atomic E-state index is 0.151. The summed E-state index contributed by atoms with van der Waals surface area (Å²) in [7, 11) is 0. The van der Waals surface area contributed by atoms with Gasteiger partial charge in [0.05, 0.1) is 26.4 Å². The normalized spacial score (nSPS) is 24.6. The third-order valence-corrected chi connectivity index (χ3v) is 8.55. The Balaban J connectivity index is 1.45. The smallest absolute Gasteiger partial charge is 0.183 e. The number of aromatic hydroxyl groups is 2. The number of ether oxygens (including phenoxy) is 4. The van der Waals surface area contributed by atoms with Gasteiger partial charge in [0.1, 0.15) is 11.5 Å². The van der Waals surface area contributed by atoms with Crippen molar-refractivity contribution in [3.63, 3.8) is 0 Å². The number of rotatable bonds is 3. The third-order valence-electron chi connectivity index (χ3n) is 8.55. The molecule has 0 spiro atoms. The predicted molar refractivity (Wildman–Crippen MR) is 167 cm³/mol. The van der Waals surface area contributed by atoms with Crippen LogP contribution in [-0.4, -0.2) is 36.6 Å². The number of phenols is 2. The fourth-order valence-corrected chi connectivity index (χ4v) is 5.84. The molecule has 2 aromatic carbocycles. The van der Waals surface area contributed by atoms with Gasteiger partial charge in [0.15, 0.2) is 12.6 Å². The lowest BCUT2D eigenvalue weighted by atomic mass is 9.78. The van der Waals surface area contributed by atoms with Crippen molar-refractivity contribution < 1.29 is 29.2 Å². The highest BCUT2D eigenvalue weighted by Gasteiger charge is 2.36. The van der Waals surface area contributed by atoms with E-state index in [1.165, 1.54) is 0 Å². The zero-order valence-corrected chi connectivity index (χ0v) is 28.0. The highest BCUT2D eigenvalue weighted by atomic mass is 16.7. The maximum Gasteiger partial charge on any atom is 0.183 e. The lowest BCUT2D eigenvalue weighted by molar-refractivity contribution is -0.252. The minimum Gasteiger partial charge on any atom is -0.507 e. The highest BCUT2D eigenvalue weighted by Crippen LogP contribution is 2.44. The number of hydrogen-bond donors (Lipinski definition) is 2. The van der Waals surface area contributed by atoms with E-state index in [1.54, 1.807) is 0 Å². The first-order chi connectivity index (χ1) is 19.2. The minimum atomic E-state index is -0.481. The molecule has 2 aromatic rings. The Labute approximate surface area is 253 Å². The summed E-state index contributed by atoms with van der Waals surface area (Å²) in [6.07, 6.45) is -0.961. The lowest BCUT2D eigenvalue weighted by Crippen LogP contribution is -2.39. The van der Waals surface area contributed by atoms with E-state index >= 15 is 0 Å². The molecule has 2 saturated heterocycles. The average molecular weight is 583 g/mol. The molecule has 6 nitrogen and oxygen atoms in total. The van der Waals surface area contributed by atoms with E-state index in [9.17, 15) is 10.2 Å². The zero-order valence-electron chi connectivity index (χ0n) is 28.0. The van der Waals surface area contributed by atoms with Crippen molar-refractivity contribution in [1.82, 2.24) is 0 Å². The molecule has 0 radical (unpaired) electrons. The second kappa shape index (κ2) is 11.4. The molecule has 2 fully saturated rings. The summed E-state index contributed by atoms with van der Waals surface area (Å²) in [4.78, 5) is 0. The number of benzene rings is 2. The Bertz CT molecular complexity index is 1080. The molecule has 2 N–H and O–H groups in total.